The molecule has 6 atom stereocenters. The van der Waals surface area contributed by atoms with Crippen LogP contribution in [0.3, 0.4) is 0 Å². The van der Waals surface area contributed by atoms with E-state index in [9.17, 15) is 13.2 Å². The molecule has 2 fully saturated rings. The third-order valence-electron chi connectivity index (χ3n) is 10.0. The zero-order valence-electron chi connectivity index (χ0n) is 24.4. The quantitative estimate of drug-likeness (QED) is 0.296. The van der Waals surface area contributed by atoms with Crippen molar-refractivity contribution in [2.24, 2.45) is 23.2 Å². The number of anilines is 1. The zero-order chi connectivity index (χ0) is 29.5. The highest BCUT2D eigenvalue weighted by atomic mass is 32.2. The molecule has 2 saturated carbocycles. The van der Waals surface area contributed by atoms with Crippen LogP contribution in [-0.4, -0.2) is 34.3 Å². The number of para-hydroxylation sites is 1. The monoisotopic (exact) mass is 589 g/mol. The summed E-state index contributed by atoms with van der Waals surface area (Å²) in [7, 11) is -2.25. The molecule has 1 N–H and O–H groups in total. The van der Waals surface area contributed by atoms with Crippen molar-refractivity contribution in [3.8, 4) is 5.75 Å². The Morgan fingerprint density at radius 2 is 1.79 bits per heavy atom. The van der Waals surface area contributed by atoms with Crippen LogP contribution in [0.15, 0.2) is 77.7 Å². The number of ether oxygens (including phenoxy) is 2. The van der Waals surface area contributed by atoms with E-state index >= 15 is 0 Å². The van der Waals surface area contributed by atoms with Crippen molar-refractivity contribution in [2.45, 2.75) is 62.9 Å². The molecular formula is C34H39NO6S. The van der Waals surface area contributed by atoms with Crippen LogP contribution >= 0.6 is 0 Å². The van der Waals surface area contributed by atoms with Gasteiger partial charge in [0, 0.05) is 17.0 Å². The van der Waals surface area contributed by atoms with Gasteiger partial charge in [0.05, 0.1) is 18.6 Å². The van der Waals surface area contributed by atoms with Crippen molar-refractivity contribution in [2.75, 3.05) is 19.0 Å². The molecule has 3 aromatic carbocycles. The molecule has 42 heavy (non-hydrogen) atoms. The largest absolute Gasteiger partial charge is 0.497 e. The number of carbonyl (C=O) groups excluding carboxylic acids is 1. The van der Waals surface area contributed by atoms with Gasteiger partial charge in [-0.1, -0.05) is 48.9 Å². The minimum Gasteiger partial charge on any atom is -0.497 e. The van der Waals surface area contributed by atoms with Gasteiger partial charge in [0.15, 0.2) is 0 Å². The van der Waals surface area contributed by atoms with Gasteiger partial charge in [0.2, 0.25) is 0 Å². The molecule has 0 heterocycles. The Hall–Kier alpha value is -3.36. The molecule has 6 rings (SSSR count). The number of aryl methyl sites for hydroxylation is 2. The first-order chi connectivity index (χ1) is 20.2. The van der Waals surface area contributed by atoms with Crippen molar-refractivity contribution in [3.05, 3.63) is 89.5 Å². The summed E-state index contributed by atoms with van der Waals surface area (Å²) in [6.45, 7) is 4.11. The maximum atomic E-state index is 13.2. The van der Waals surface area contributed by atoms with Crippen LogP contribution in [0.1, 0.15) is 55.2 Å². The Kier molecular flexibility index (Phi) is 7.79. The van der Waals surface area contributed by atoms with Gasteiger partial charge in [-0.2, -0.15) is 8.42 Å². The summed E-state index contributed by atoms with van der Waals surface area (Å²) in [5.41, 5.74) is 4.09. The van der Waals surface area contributed by atoms with Gasteiger partial charge in [-0.25, -0.2) is 4.79 Å². The highest BCUT2D eigenvalue weighted by Gasteiger charge is 2.60. The number of amides is 1. The Labute approximate surface area is 248 Å². The summed E-state index contributed by atoms with van der Waals surface area (Å²) in [5, 5.41) is 2.85. The molecule has 222 valence electrons. The normalized spacial score (nSPS) is 28.2. The number of benzene rings is 3. The molecule has 1 amide bonds. The Balaban J connectivity index is 1.26. The highest BCUT2D eigenvalue weighted by molar-refractivity contribution is 7.86. The fourth-order valence-electron chi connectivity index (χ4n) is 7.94. The van der Waals surface area contributed by atoms with Gasteiger partial charge in [0.25, 0.3) is 10.1 Å². The molecule has 8 heteroatoms. The topological polar surface area (TPSA) is 90.9 Å². The number of nitrogens with one attached hydrogen (secondary N) is 1. The van der Waals surface area contributed by atoms with E-state index < -0.39 is 22.3 Å². The van der Waals surface area contributed by atoms with Crippen molar-refractivity contribution in [1.82, 2.24) is 0 Å². The minimum absolute atomic E-state index is 0.0310. The van der Waals surface area contributed by atoms with E-state index in [0.717, 1.165) is 43.4 Å². The van der Waals surface area contributed by atoms with Crippen LogP contribution in [0.2, 0.25) is 0 Å². The summed E-state index contributed by atoms with van der Waals surface area (Å²) >= 11 is 0. The van der Waals surface area contributed by atoms with Crippen LogP contribution in [0.25, 0.3) is 0 Å². The SMILES string of the molecule is COc1ccc2c(c1)CC[C@@H]1[C@@H]2CC[C@]2(C)[C@H](OC(=O)Nc3ccccc3)[C@@H](COS(=O)(=O)c3ccc(C)cc3)C[C@@H]12. The maximum absolute atomic E-state index is 13.2. The zero-order valence-corrected chi connectivity index (χ0v) is 25.2. The predicted octanol–water partition coefficient (Wildman–Crippen LogP) is 7.11. The van der Waals surface area contributed by atoms with E-state index in [2.05, 4.69) is 30.4 Å². The number of fused-ring (bicyclic) bond motifs is 5. The van der Waals surface area contributed by atoms with Crippen LogP contribution in [0.5, 0.6) is 5.75 Å². The van der Waals surface area contributed by atoms with Gasteiger partial charge in [-0.3, -0.25) is 9.50 Å². The lowest BCUT2D eigenvalue weighted by Gasteiger charge is -2.50. The molecule has 0 saturated heterocycles. The Morgan fingerprint density at radius 3 is 2.52 bits per heavy atom. The molecule has 0 unspecified atom stereocenters. The average molecular weight is 590 g/mol. The average Bonchev–Trinajstić information content (AvgIpc) is 3.27. The molecule has 3 aliphatic carbocycles. The standard InChI is InChI=1S/C34H39NO6S/c1-22-9-13-27(14-10-22)42(37,38)40-21-24-20-31-30-15-11-23-19-26(39-3)12-16-28(23)29(30)17-18-34(31,2)32(24)41-33(36)35-25-7-5-4-6-8-25/h4-10,12-14,16,19,24,29-32H,11,15,17-18,20-21H2,1-3H3,(H,35,36)/t24-,29-,30-,31+,32-,34+/m1/s1. The van der Waals surface area contributed by atoms with E-state index in [1.54, 1.807) is 31.4 Å². The minimum atomic E-state index is -3.96. The first-order valence-corrected chi connectivity index (χ1v) is 16.2. The number of carbonyl (C=O) groups is 1. The third kappa shape index (κ3) is 5.42. The summed E-state index contributed by atoms with van der Waals surface area (Å²) in [6.07, 6.45) is 3.64. The van der Waals surface area contributed by atoms with E-state index in [-0.39, 0.29) is 28.8 Å². The lowest BCUT2D eigenvalue weighted by molar-refractivity contribution is -0.0414. The van der Waals surface area contributed by atoms with Crippen molar-refractivity contribution >= 4 is 21.9 Å². The summed E-state index contributed by atoms with van der Waals surface area (Å²) in [5.74, 6) is 1.76. The molecule has 7 nitrogen and oxygen atoms in total. The maximum Gasteiger partial charge on any atom is 0.411 e. The van der Waals surface area contributed by atoms with Gasteiger partial charge in [0.1, 0.15) is 11.9 Å². The van der Waals surface area contributed by atoms with E-state index in [1.165, 1.54) is 11.1 Å². The first kappa shape index (κ1) is 28.7. The lowest BCUT2D eigenvalue weighted by atomic mass is 9.55. The molecule has 0 aliphatic heterocycles. The fourth-order valence-corrected chi connectivity index (χ4v) is 8.90. The van der Waals surface area contributed by atoms with Crippen molar-refractivity contribution in [1.29, 1.82) is 0 Å². The molecule has 0 spiro atoms. The molecule has 3 aromatic rings. The molecule has 3 aliphatic rings. The Bertz CT molecular complexity index is 1540. The van der Waals surface area contributed by atoms with Crippen LogP contribution in [0.4, 0.5) is 10.5 Å². The second-order valence-electron chi connectivity index (χ2n) is 12.4. The van der Waals surface area contributed by atoms with Crippen LogP contribution in [0, 0.1) is 30.1 Å². The lowest BCUT2D eigenvalue weighted by Crippen LogP contribution is -2.46. The van der Waals surface area contributed by atoms with Crippen LogP contribution < -0.4 is 10.1 Å². The van der Waals surface area contributed by atoms with Crippen LogP contribution in [-0.2, 0) is 25.5 Å². The second-order valence-corrected chi connectivity index (χ2v) is 14.0. The van der Waals surface area contributed by atoms with E-state index in [0.29, 0.717) is 17.5 Å². The fraction of sp³-hybridized carbons (Fsp3) is 0.441. The smallest absolute Gasteiger partial charge is 0.411 e. The predicted molar refractivity (Wildman–Crippen MR) is 161 cm³/mol. The molecule has 0 aromatic heterocycles. The van der Waals surface area contributed by atoms with E-state index in [1.807, 2.05) is 37.3 Å². The van der Waals surface area contributed by atoms with Crippen molar-refractivity contribution < 1.29 is 26.9 Å². The number of hydrogen-bond acceptors (Lipinski definition) is 6. The summed E-state index contributed by atoms with van der Waals surface area (Å²) < 4.78 is 43.7. The molecule has 0 radical (unpaired) electrons. The van der Waals surface area contributed by atoms with Gasteiger partial charge in [-0.15, -0.1) is 0 Å². The first-order valence-electron chi connectivity index (χ1n) is 14.8. The number of methoxy groups -OCH3 is 1. The van der Waals surface area contributed by atoms with Gasteiger partial charge in [-0.05, 0) is 104 Å². The van der Waals surface area contributed by atoms with Gasteiger partial charge >= 0.3 is 6.09 Å². The number of hydrogen-bond donors (Lipinski definition) is 1. The van der Waals surface area contributed by atoms with Gasteiger partial charge < -0.3 is 9.47 Å². The summed E-state index contributed by atoms with van der Waals surface area (Å²) in [4.78, 5) is 13.3. The van der Waals surface area contributed by atoms with Crippen molar-refractivity contribution in [3.63, 3.8) is 0 Å². The Morgan fingerprint density at radius 1 is 1.02 bits per heavy atom. The summed E-state index contributed by atoms with van der Waals surface area (Å²) in [6, 6.07) is 22.3. The highest BCUT2D eigenvalue weighted by Crippen LogP contribution is 2.63. The second kappa shape index (κ2) is 11.4. The number of rotatable bonds is 7. The third-order valence-corrected chi connectivity index (χ3v) is 11.3. The molecule has 0 bridgehead atoms. The molecular weight excluding hydrogens is 550 g/mol. The van der Waals surface area contributed by atoms with E-state index in [4.69, 9.17) is 13.7 Å².